The Morgan fingerprint density at radius 1 is 1.15 bits per heavy atom. The van der Waals surface area contributed by atoms with Crippen molar-refractivity contribution in [3.63, 3.8) is 0 Å². The van der Waals surface area contributed by atoms with Crippen LogP contribution < -0.4 is 19.7 Å². The minimum absolute atomic E-state index is 0.0190. The summed E-state index contributed by atoms with van der Waals surface area (Å²) in [6.45, 7) is 2.14. The van der Waals surface area contributed by atoms with Gasteiger partial charge in [-0.05, 0) is 63.0 Å². The summed E-state index contributed by atoms with van der Waals surface area (Å²) in [7, 11) is 3.41. The molecule has 2 heterocycles. The van der Waals surface area contributed by atoms with Crippen molar-refractivity contribution in [3.8, 4) is 11.5 Å². The van der Waals surface area contributed by atoms with Crippen LogP contribution >= 0.6 is 0 Å². The van der Waals surface area contributed by atoms with Crippen LogP contribution in [0.3, 0.4) is 0 Å². The molecular formula is C24H28F3N3O3. The molecule has 1 atom stereocenters. The number of likely N-dealkylation sites (tertiary alicyclic amines) is 1. The number of anilines is 2. The molecule has 4 rings (SSSR count). The first-order valence-corrected chi connectivity index (χ1v) is 11.1. The van der Waals surface area contributed by atoms with Crippen LogP contribution in [-0.2, 0) is 12.6 Å². The van der Waals surface area contributed by atoms with Crippen molar-refractivity contribution in [2.45, 2.75) is 37.9 Å². The molecule has 1 unspecified atom stereocenters. The number of benzene rings is 2. The highest BCUT2D eigenvalue weighted by Gasteiger charge is 2.32. The van der Waals surface area contributed by atoms with Gasteiger partial charge in [-0.1, -0.05) is 6.07 Å². The molecule has 2 amide bonds. The van der Waals surface area contributed by atoms with Crippen LogP contribution in [-0.4, -0.2) is 50.8 Å². The summed E-state index contributed by atoms with van der Waals surface area (Å²) in [5.41, 5.74) is 0.840. The molecule has 2 aliphatic rings. The molecule has 1 N–H and O–H groups in total. The van der Waals surface area contributed by atoms with Gasteiger partial charge in [-0.3, -0.25) is 4.90 Å². The van der Waals surface area contributed by atoms with E-state index in [2.05, 4.69) is 17.3 Å². The minimum atomic E-state index is -4.55. The maximum Gasteiger partial charge on any atom is 0.416 e. The number of nitrogens with zero attached hydrogens (tertiary/aromatic N) is 2. The lowest BCUT2D eigenvalue weighted by Gasteiger charge is -2.21. The molecule has 9 heteroatoms. The van der Waals surface area contributed by atoms with Crippen LogP contribution in [0.4, 0.5) is 29.3 Å². The topological polar surface area (TPSA) is 54.0 Å². The number of carbonyl (C=O) groups excluding carboxylic acids is 1. The average molecular weight is 464 g/mol. The molecule has 0 aliphatic carbocycles. The van der Waals surface area contributed by atoms with Crippen LogP contribution in [0.1, 0.15) is 30.4 Å². The number of fused-ring (bicyclic) bond motifs is 1. The number of urea groups is 1. The summed E-state index contributed by atoms with van der Waals surface area (Å²) in [4.78, 5) is 16.8. The number of hydrogen-bond acceptors (Lipinski definition) is 4. The Bertz CT molecular complexity index is 1010. The summed E-state index contributed by atoms with van der Waals surface area (Å²) < 4.78 is 50.5. The van der Waals surface area contributed by atoms with E-state index < -0.39 is 17.8 Å². The molecule has 1 fully saturated rings. The zero-order valence-electron chi connectivity index (χ0n) is 18.7. The summed E-state index contributed by atoms with van der Waals surface area (Å²) in [6.07, 6.45) is -0.551. The Morgan fingerprint density at radius 2 is 1.97 bits per heavy atom. The molecule has 0 radical (unpaired) electrons. The third-order valence-electron chi connectivity index (χ3n) is 6.31. The molecule has 6 nitrogen and oxygen atoms in total. The van der Waals surface area contributed by atoms with Crippen LogP contribution in [0.15, 0.2) is 36.4 Å². The van der Waals surface area contributed by atoms with E-state index in [4.69, 9.17) is 9.47 Å². The Labute approximate surface area is 191 Å². The van der Waals surface area contributed by atoms with E-state index in [1.807, 2.05) is 18.2 Å². The van der Waals surface area contributed by atoms with Crippen molar-refractivity contribution < 1.29 is 27.4 Å². The average Bonchev–Trinajstić information content (AvgIpc) is 3.38. The van der Waals surface area contributed by atoms with Gasteiger partial charge in [0.05, 0.1) is 25.0 Å². The number of methoxy groups -OCH3 is 1. The Morgan fingerprint density at radius 3 is 2.67 bits per heavy atom. The van der Waals surface area contributed by atoms with Crippen molar-refractivity contribution >= 4 is 17.4 Å². The van der Waals surface area contributed by atoms with Gasteiger partial charge in [-0.2, -0.15) is 13.2 Å². The minimum Gasteiger partial charge on any atom is -0.497 e. The van der Waals surface area contributed by atoms with Crippen LogP contribution in [0.2, 0.25) is 0 Å². The van der Waals surface area contributed by atoms with Gasteiger partial charge in [0, 0.05) is 30.4 Å². The van der Waals surface area contributed by atoms with Gasteiger partial charge in [-0.15, -0.1) is 0 Å². The summed E-state index contributed by atoms with van der Waals surface area (Å²) in [6, 6.07) is 8.86. The van der Waals surface area contributed by atoms with Crippen molar-refractivity contribution in [2.75, 3.05) is 44.1 Å². The predicted octanol–water partition coefficient (Wildman–Crippen LogP) is 5.17. The van der Waals surface area contributed by atoms with Gasteiger partial charge in [0.2, 0.25) is 0 Å². The maximum atomic E-state index is 13.2. The molecule has 0 spiro atoms. The fourth-order valence-corrected chi connectivity index (χ4v) is 4.46. The SMILES string of the molecule is COc1cc(NC(=O)N2CCc3ccc(OCCC4CCCN4C)cc32)cc(C(F)(F)F)c1. The van der Waals surface area contributed by atoms with Gasteiger partial charge in [0.1, 0.15) is 11.5 Å². The van der Waals surface area contributed by atoms with E-state index in [0.717, 1.165) is 30.7 Å². The fourth-order valence-electron chi connectivity index (χ4n) is 4.46. The molecule has 178 valence electrons. The standard InChI is InChI=1S/C24H28F3N3O3/c1-29-9-3-4-19(29)8-11-33-20-6-5-16-7-10-30(22(16)15-20)23(31)28-18-12-17(24(25,26)27)13-21(14-18)32-2/h5-6,12-15,19H,3-4,7-11H2,1-2H3,(H,28,31). The number of carbonyl (C=O) groups is 1. The second-order valence-corrected chi connectivity index (χ2v) is 8.48. The van der Waals surface area contributed by atoms with Gasteiger partial charge >= 0.3 is 12.2 Å². The van der Waals surface area contributed by atoms with Gasteiger partial charge in [0.25, 0.3) is 0 Å². The van der Waals surface area contributed by atoms with E-state index in [9.17, 15) is 18.0 Å². The second-order valence-electron chi connectivity index (χ2n) is 8.48. The van der Waals surface area contributed by atoms with E-state index in [1.54, 1.807) is 0 Å². The highest BCUT2D eigenvalue weighted by Crippen LogP contribution is 2.35. The van der Waals surface area contributed by atoms with Crippen molar-refractivity contribution in [2.24, 2.45) is 0 Å². The third kappa shape index (κ3) is 5.35. The first kappa shape index (κ1) is 23.2. The summed E-state index contributed by atoms with van der Waals surface area (Å²) in [5.74, 6) is 0.695. The van der Waals surface area contributed by atoms with Gasteiger partial charge in [-0.25, -0.2) is 4.79 Å². The lowest BCUT2D eigenvalue weighted by atomic mass is 10.1. The fraction of sp³-hybridized carbons (Fsp3) is 0.458. The normalized spacial score (nSPS) is 18.3. The maximum absolute atomic E-state index is 13.2. The zero-order valence-corrected chi connectivity index (χ0v) is 18.7. The highest BCUT2D eigenvalue weighted by molar-refractivity contribution is 6.03. The molecular weight excluding hydrogens is 435 g/mol. The Balaban J connectivity index is 1.44. The van der Waals surface area contributed by atoms with Crippen LogP contribution in [0.25, 0.3) is 0 Å². The monoisotopic (exact) mass is 463 g/mol. The quantitative estimate of drug-likeness (QED) is 0.642. The zero-order chi connectivity index (χ0) is 23.6. The number of hydrogen-bond donors (Lipinski definition) is 1. The largest absolute Gasteiger partial charge is 0.497 e. The number of ether oxygens (including phenoxy) is 2. The van der Waals surface area contributed by atoms with Crippen molar-refractivity contribution in [3.05, 3.63) is 47.5 Å². The number of rotatable bonds is 6. The molecule has 33 heavy (non-hydrogen) atoms. The molecule has 1 saturated heterocycles. The van der Waals surface area contributed by atoms with Crippen LogP contribution in [0.5, 0.6) is 11.5 Å². The van der Waals surface area contributed by atoms with E-state index in [1.165, 1.54) is 30.9 Å². The third-order valence-corrected chi connectivity index (χ3v) is 6.31. The van der Waals surface area contributed by atoms with Gasteiger partial charge < -0.3 is 19.7 Å². The summed E-state index contributed by atoms with van der Waals surface area (Å²) >= 11 is 0. The van der Waals surface area contributed by atoms with E-state index >= 15 is 0 Å². The summed E-state index contributed by atoms with van der Waals surface area (Å²) in [5, 5.41) is 2.58. The molecule has 2 aromatic carbocycles. The van der Waals surface area contributed by atoms with Crippen molar-refractivity contribution in [1.82, 2.24) is 4.90 Å². The van der Waals surface area contributed by atoms with E-state index in [-0.39, 0.29) is 11.4 Å². The number of alkyl halides is 3. The first-order chi connectivity index (χ1) is 15.7. The lowest BCUT2D eigenvalue weighted by molar-refractivity contribution is -0.137. The van der Waals surface area contributed by atoms with Crippen LogP contribution in [0, 0.1) is 0 Å². The number of nitrogens with one attached hydrogen (secondary N) is 1. The molecule has 2 aliphatic heterocycles. The Hall–Kier alpha value is -2.94. The molecule has 0 aromatic heterocycles. The van der Waals surface area contributed by atoms with Gasteiger partial charge in [0.15, 0.2) is 0 Å². The van der Waals surface area contributed by atoms with Crippen molar-refractivity contribution in [1.29, 1.82) is 0 Å². The second kappa shape index (κ2) is 9.51. The number of halogens is 3. The lowest BCUT2D eigenvalue weighted by Crippen LogP contribution is -2.33. The highest BCUT2D eigenvalue weighted by atomic mass is 19.4. The molecule has 0 saturated carbocycles. The van der Waals surface area contributed by atoms with E-state index in [0.29, 0.717) is 37.1 Å². The predicted molar refractivity (Wildman–Crippen MR) is 120 cm³/mol. The smallest absolute Gasteiger partial charge is 0.416 e. The molecule has 0 bridgehead atoms. The first-order valence-electron chi connectivity index (χ1n) is 11.1. The number of amides is 2. The Kier molecular flexibility index (Phi) is 6.69. The molecule has 2 aromatic rings.